The first-order valence-corrected chi connectivity index (χ1v) is 19.6. The lowest BCUT2D eigenvalue weighted by molar-refractivity contribution is -0.126. The summed E-state index contributed by atoms with van der Waals surface area (Å²) in [6, 6.07) is 2.89. The number of nitrogens with one attached hydrogen (secondary N) is 3. The monoisotopic (exact) mass is 786 g/mol. The summed E-state index contributed by atoms with van der Waals surface area (Å²) in [5.74, 6) is -0.173. The van der Waals surface area contributed by atoms with Crippen molar-refractivity contribution in [3.63, 3.8) is 0 Å². The molecule has 0 radical (unpaired) electrons. The van der Waals surface area contributed by atoms with E-state index in [0.29, 0.717) is 36.4 Å². The number of anilines is 1. The number of hydrogen-bond donors (Lipinski definition) is 9. The number of amides is 3. The van der Waals surface area contributed by atoms with E-state index in [1.165, 1.54) is 13.2 Å². The van der Waals surface area contributed by atoms with Gasteiger partial charge in [-0.1, -0.05) is 24.4 Å². The van der Waals surface area contributed by atoms with Gasteiger partial charge in [0.05, 0.1) is 54.4 Å². The first-order valence-electron chi connectivity index (χ1n) is 19.2. The average Bonchev–Trinajstić information content (AvgIpc) is 3.17. The van der Waals surface area contributed by atoms with Crippen LogP contribution >= 0.6 is 11.6 Å². The van der Waals surface area contributed by atoms with E-state index in [0.717, 1.165) is 84.0 Å². The summed E-state index contributed by atoms with van der Waals surface area (Å²) in [5, 5.41) is 56.9. The Bertz CT molecular complexity index is 1310. The number of nitrogens with zero attached hydrogens (tertiary/aromatic N) is 2. The van der Waals surface area contributed by atoms with Crippen LogP contribution in [0, 0.1) is 0 Å². The minimum atomic E-state index is -1.74. The number of likely N-dealkylation sites (tertiary alicyclic amines) is 2. The van der Waals surface area contributed by atoms with Crippen LogP contribution in [-0.2, 0) is 14.3 Å². The van der Waals surface area contributed by atoms with Gasteiger partial charge in [0.1, 0.15) is 24.1 Å². The summed E-state index contributed by atoms with van der Waals surface area (Å²) in [7, 11) is 3.13. The molecule has 16 nitrogen and oxygen atoms in total. The number of rotatable bonds is 23. The Labute approximate surface area is 323 Å². The van der Waals surface area contributed by atoms with Crippen LogP contribution in [-0.4, -0.2) is 156 Å². The normalized spacial score (nSPS) is 21.8. The smallest absolute Gasteiger partial charge is 0.255 e. The zero-order valence-electron chi connectivity index (χ0n) is 31.8. The lowest BCUT2D eigenvalue weighted by atomic mass is 10.00. The third kappa shape index (κ3) is 14.7. The molecule has 2 saturated heterocycles. The van der Waals surface area contributed by atoms with Gasteiger partial charge in [0.2, 0.25) is 11.8 Å². The second kappa shape index (κ2) is 24.0. The van der Waals surface area contributed by atoms with Crippen molar-refractivity contribution in [1.82, 2.24) is 25.8 Å². The molecule has 3 amide bonds. The number of halogens is 1. The Morgan fingerprint density at radius 3 is 2.26 bits per heavy atom. The standard InChI is InChI=1S/C37H63ClN6O10/c1-53-30-20-26(39)25(38)19-24(30)37(52)41-27-14-18-43(22-31(27)54-2)15-8-3-6-13-34(49)42-32-11-7-10-17-44(32)16-9-4-5-12-33(48)40-21-28(46)35(50)36(51)29(47)23-45/h19-20,27-29,31-32,35-36,45-47,50-51H,3-18,21-23,39H2,1-2H3,(H,40,48)(H,41,52)(H,42,49)/t27-,28+,29-,31+,32?,35-,36-/m1/s1. The summed E-state index contributed by atoms with van der Waals surface area (Å²) in [6.45, 7) is 3.05. The van der Waals surface area contributed by atoms with Crippen molar-refractivity contribution < 1.29 is 49.4 Å². The Kier molecular flexibility index (Phi) is 20.2. The number of aliphatic hydroxyl groups is 5. The maximum atomic E-state index is 13.1. The molecule has 2 heterocycles. The van der Waals surface area contributed by atoms with Gasteiger partial charge in [0.15, 0.2) is 0 Å². The second-order valence-electron chi connectivity index (χ2n) is 14.4. The predicted molar refractivity (Wildman–Crippen MR) is 204 cm³/mol. The van der Waals surface area contributed by atoms with Gasteiger partial charge in [-0.15, -0.1) is 0 Å². The fourth-order valence-corrected chi connectivity index (χ4v) is 7.16. The highest BCUT2D eigenvalue weighted by Gasteiger charge is 2.32. The first kappa shape index (κ1) is 45.6. The van der Waals surface area contributed by atoms with E-state index in [9.17, 15) is 34.8 Å². The number of unbranched alkanes of at least 4 members (excludes halogenated alkanes) is 4. The van der Waals surface area contributed by atoms with Crippen LogP contribution < -0.4 is 26.4 Å². The molecule has 308 valence electrons. The fraction of sp³-hybridized carbons (Fsp3) is 0.757. The molecule has 2 fully saturated rings. The van der Waals surface area contributed by atoms with E-state index in [1.54, 1.807) is 13.2 Å². The molecule has 2 aliphatic heterocycles. The number of hydrogen-bond acceptors (Lipinski definition) is 13. The van der Waals surface area contributed by atoms with Gasteiger partial charge in [-0.3, -0.25) is 19.3 Å². The Balaban J connectivity index is 1.28. The van der Waals surface area contributed by atoms with Crippen molar-refractivity contribution in [2.45, 2.75) is 120 Å². The number of piperidine rings is 2. The molecule has 1 unspecified atom stereocenters. The van der Waals surface area contributed by atoms with Gasteiger partial charge >= 0.3 is 0 Å². The molecule has 0 saturated carbocycles. The maximum Gasteiger partial charge on any atom is 0.255 e. The third-order valence-electron chi connectivity index (χ3n) is 10.3. The number of ether oxygens (including phenoxy) is 2. The number of methoxy groups -OCH3 is 2. The van der Waals surface area contributed by atoms with Crippen LogP contribution in [0.5, 0.6) is 5.75 Å². The molecule has 0 aromatic heterocycles. The average molecular weight is 787 g/mol. The van der Waals surface area contributed by atoms with Crippen molar-refractivity contribution in [3.8, 4) is 5.75 Å². The van der Waals surface area contributed by atoms with Crippen LogP contribution in [0.3, 0.4) is 0 Å². The molecule has 3 rings (SSSR count). The minimum absolute atomic E-state index is 0.00743. The van der Waals surface area contributed by atoms with Crippen LogP contribution in [0.15, 0.2) is 12.1 Å². The number of aliphatic hydroxyl groups excluding tert-OH is 5. The molecule has 1 aromatic rings. The van der Waals surface area contributed by atoms with E-state index in [1.807, 2.05) is 0 Å². The number of carbonyl (C=O) groups excluding carboxylic acids is 3. The number of nitrogens with two attached hydrogens (primary N) is 1. The Morgan fingerprint density at radius 2 is 1.57 bits per heavy atom. The van der Waals surface area contributed by atoms with Crippen LogP contribution in [0.25, 0.3) is 0 Å². The van der Waals surface area contributed by atoms with E-state index in [4.69, 9.17) is 31.9 Å². The van der Waals surface area contributed by atoms with Crippen LogP contribution in [0.1, 0.15) is 87.4 Å². The second-order valence-corrected chi connectivity index (χ2v) is 14.8. The molecular formula is C37H63ClN6O10. The highest BCUT2D eigenvalue weighted by atomic mass is 35.5. The van der Waals surface area contributed by atoms with Crippen molar-refractivity contribution in [1.29, 1.82) is 0 Å². The molecule has 54 heavy (non-hydrogen) atoms. The van der Waals surface area contributed by atoms with Gasteiger partial charge in [-0.2, -0.15) is 0 Å². The summed E-state index contributed by atoms with van der Waals surface area (Å²) >= 11 is 6.16. The van der Waals surface area contributed by atoms with Crippen LogP contribution in [0.2, 0.25) is 5.02 Å². The third-order valence-corrected chi connectivity index (χ3v) is 10.7. The number of benzene rings is 1. The number of carbonyl (C=O) groups is 3. The Morgan fingerprint density at radius 1 is 0.889 bits per heavy atom. The van der Waals surface area contributed by atoms with E-state index < -0.39 is 31.0 Å². The summed E-state index contributed by atoms with van der Waals surface area (Å²) in [4.78, 5) is 42.8. The van der Waals surface area contributed by atoms with Crippen molar-refractivity contribution in [2.75, 3.05) is 65.8 Å². The first-order chi connectivity index (χ1) is 25.9. The molecule has 0 bridgehead atoms. The molecule has 0 aliphatic carbocycles. The highest BCUT2D eigenvalue weighted by molar-refractivity contribution is 6.33. The maximum absolute atomic E-state index is 13.1. The van der Waals surface area contributed by atoms with E-state index in [-0.39, 0.29) is 54.0 Å². The van der Waals surface area contributed by atoms with Gasteiger partial charge in [0.25, 0.3) is 5.91 Å². The lowest BCUT2D eigenvalue weighted by Crippen LogP contribution is -2.54. The quantitative estimate of drug-likeness (QED) is 0.0539. The molecule has 7 atom stereocenters. The van der Waals surface area contributed by atoms with Gasteiger partial charge in [-0.05, 0) is 64.0 Å². The van der Waals surface area contributed by atoms with Gasteiger partial charge < -0.3 is 61.6 Å². The Hall–Kier alpha value is -2.80. The summed E-state index contributed by atoms with van der Waals surface area (Å²) < 4.78 is 11.1. The molecule has 10 N–H and O–H groups in total. The largest absolute Gasteiger partial charge is 0.496 e. The van der Waals surface area contributed by atoms with Crippen molar-refractivity contribution >= 4 is 35.0 Å². The topological polar surface area (TPSA) is 239 Å². The molecular weight excluding hydrogens is 724 g/mol. The summed E-state index contributed by atoms with van der Waals surface area (Å²) in [5.41, 5.74) is 6.52. The van der Waals surface area contributed by atoms with Crippen LogP contribution in [0.4, 0.5) is 5.69 Å². The van der Waals surface area contributed by atoms with E-state index in [2.05, 4.69) is 25.8 Å². The lowest BCUT2D eigenvalue weighted by Gasteiger charge is -2.38. The predicted octanol–water partition coefficient (Wildman–Crippen LogP) is 0.351. The molecule has 2 aliphatic rings. The number of nitrogen functional groups attached to an aromatic ring is 1. The molecule has 0 spiro atoms. The SMILES string of the molecule is COc1cc(N)c(Cl)cc1C(=O)N[C@@H]1CCN(CCCCCC(=O)NC2CCCCN2CCCCCC(=O)NC[C@H](O)[C@@H](O)[C@H](O)[C@H](O)CO)C[C@@H]1OC. The van der Waals surface area contributed by atoms with E-state index >= 15 is 0 Å². The van der Waals surface area contributed by atoms with Crippen molar-refractivity contribution in [3.05, 3.63) is 22.7 Å². The zero-order valence-corrected chi connectivity index (χ0v) is 32.5. The zero-order chi connectivity index (χ0) is 39.6. The highest BCUT2D eigenvalue weighted by Crippen LogP contribution is 2.29. The fourth-order valence-electron chi connectivity index (χ4n) is 6.99. The minimum Gasteiger partial charge on any atom is -0.496 e. The van der Waals surface area contributed by atoms with Gasteiger partial charge in [-0.25, -0.2) is 0 Å². The molecule has 17 heteroatoms. The van der Waals surface area contributed by atoms with Crippen molar-refractivity contribution in [2.24, 2.45) is 0 Å². The molecule has 1 aromatic carbocycles. The summed E-state index contributed by atoms with van der Waals surface area (Å²) in [6.07, 6.45) is 2.77. The van der Waals surface area contributed by atoms with Gasteiger partial charge in [0, 0.05) is 58.7 Å².